The minimum absolute atomic E-state index is 0.0907. The van der Waals surface area contributed by atoms with Crippen molar-refractivity contribution in [2.75, 3.05) is 0 Å². The Morgan fingerprint density at radius 1 is 0.941 bits per heavy atom. The molecule has 0 saturated heterocycles. The summed E-state index contributed by atoms with van der Waals surface area (Å²) >= 11 is 0. The Hall–Kier alpha value is -3.10. The van der Waals surface area contributed by atoms with Gasteiger partial charge in [-0.3, -0.25) is 19.2 Å². The first-order valence-corrected chi connectivity index (χ1v) is 12.0. The van der Waals surface area contributed by atoms with Crippen LogP contribution >= 0.6 is 0 Å². The Kier molecular flexibility index (Phi) is 10.3. The van der Waals surface area contributed by atoms with E-state index in [-0.39, 0.29) is 24.0 Å². The molecule has 9 nitrogen and oxygen atoms in total. The molecule has 0 aromatic heterocycles. The van der Waals surface area contributed by atoms with Crippen LogP contribution < -0.4 is 21.7 Å². The third-order valence-electron chi connectivity index (χ3n) is 6.27. The van der Waals surface area contributed by atoms with E-state index in [2.05, 4.69) is 16.0 Å². The maximum atomic E-state index is 13.1. The molecule has 1 aromatic rings. The number of hydrogen-bond donors (Lipinski definition) is 5. The van der Waals surface area contributed by atoms with Crippen molar-refractivity contribution in [1.82, 2.24) is 16.0 Å². The standard InChI is InChI=1S/C25H38N4O5/c1-15(2)22(25(34)28-20(23(26)32)13-18-9-11-19(31)12-10-18)29-24(33)21(27-16(3)30)14-17-7-5-4-6-8-17/h9-12,15,17,20-22,31H,4-8,13-14H2,1-3H3,(H2,26,32)(H,27,30)(H,28,34)(H,29,33)/t20-,21-,22+/m0/s1. The van der Waals surface area contributed by atoms with E-state index in [9.17, 15) is 24.3 Å². The lowest BCUT2D eigenvalue weighted by Gasteiger charge is -2.29. The molecule has 0 aliphatic heterocycles. The highest BCUT2D eigenvalue weighted by Gasteiger charge is 2.32. The zero-order valence-electron chi connectivity index (χ0n) is 20.3. The Morgan fingerprint density at radius 3 is 2.09 bits per heavy atom. The SMILES string of the molecule is CC(=O)N[C@@H](CC1CCCCC1)C(=O)N[C@@H](C(=O)N[C@@H](Cc1ccc(O)cc1)C(N)=O)C(C)C. The van der Waals surface area contributed by atoms with Gasteiger partial charge in [-0.25, -0.2) is 0 Å². The number of nitrogens with one attached hydrogen (secondary N) is 3. The quantitative estimate of drug-likeness (QED) is 0.329. The third-order valence-corrected chi connectivity index (χ3v) is 6.27. The molecule has 1 aromatic carbocycles. The summed E-state index contributed by atoms with van der Waals surface area (Å²) in [6.07, 6.45) is 6.15. The maximum Gasteiger partial charge on any atom is 0.243 e. The van der Waals surface area contributed by atoms with Crippen LogP contribution in [-0.4, -0.2) is 46.9 Å². The summed E-state index contributed by atoms with van der Waals surface area (Å²) in [6, 6.07) is 3.64. The first-order chi connectivity index (χ1) is 16.1. The first-order valence-electron chi connectivity index (χ1n) is 12.0. The van der Waals surface area contributed by atoms with Gasteiger partial charge in [-0.1, -0.05) is 58.1 Å². The number of rotatable bonds is 11. The Balaban J connectivity index is 2.07. The number of phenols is 1. The second kappa shape index (κ2) is 13.0. The minimum atomic E-state index is -0.983. The average Bonchev–Trinajstić information content (AvgIpc) is 2.77. The molecule has 1 aliphatic carbocycles. The summed E-state index contributed by atoms with van der Waals surface area (Å²) in [5.41, 5.74) is 6.22. The summed E-state index contributed by atoms with van der Waals surface area (Å²) in [6.45, 7) is 4.95. The number of aromatic hydroxyl groups is 1. The molecule has 2 rings (SSSR count). The lowest BCUT2D eigenvalue weighted by atomic mass is 9.84. The third kappa shape index (κ3) is 8.68. The van der Waals surface area contributed by atoms with Crippen molar-refractivity contribution in [3.63, 3.8) is 0 Å². The van der Waals surface area contributed by atoms with E-state index < -0.39 is 35.8 Å². The van der Waals surface area contributed by atoms with Gasteiger partial charge in [-0.15, -0.1) is 0 Å². The number of benzene rings is 1. The van der Waals surface area contributed by atoms with Crippen molar-refractivity contribution in [2.24, 2.45) is 17.6 Å². The van der Waals surface area contributed by atoms with Gasteiger partial charge in [0.05, 0.1) is 0 Å². The number of amides is 4. The molecule has 0 heterocycles. The molecule has 34 heavy (non-hydrogen) atoms. The van der Waals surface area contributed by atoms with E-state index in [4.69, 9.17) is 5.73 Å². The van der Waals surface area contributed by atoms with Crippen molar-refractivity contribution in [2.45, 2.75) is 83.8 Å². The molecular formula is C25H38N4O5. The molecular weight excluding hydrogens is 436 g/mol. The lowest BCUT2D eigenvalue weighted by Crippen LogP contribution is -2.58. The molecule has 6 N–H and O–H groups in total. The first kappa shape index (κ1) is 27.1. The number of phenolic OH excluding ortho intramolecular Hbond substituents is 1. The Labute approximate surface area is 201 Å². The molecule has 1 fully saturated rings. The average molecular weight is 475 g/mol. The lowest BCUT2D eigenvalue weighted by molar-refractivity contribution is -0.134. The van der Waals surface area contributed by atoms with Gasteiger partial charge in [0.2, 0.25) is 23.6 Å². The molecule has 3 atom stereocenters. The predicted molar refractivity (Wildman–Crippen MR) is 129 cm³/mol. The normalized spacial score (nSPS) is 16.8. The fourth-order valence-electron chi connectivity index (χ4n) is 4.37. The van der Waals surface area contributed by atoms with Crippen LogP contribution in [0.25, 0.3) is 0 Å². The topological polar surface area (TPSA) is 151 Å². The molecule has 4 amide bonds. The molecule has 1 saturated carbocycles. The van der Waals surface area contributed by atoms with Crippen molar-refractivity contribution in [3.05, 3.63) is 29.8 Å². The summed E-state index contributed by atoms with van der Waals surface area (Å²) < 4.78 is 0. The highest BCUT2D eigenvalue weighted by atomic mass is 16.3. The summed E-state index contributed by atoms with van der Waals surface area (Å²) in [4.78, 5) is 49.9. The van der Waals surface area contributed by atoms with E-state index in [0.717, 1.165) is 25.7 Å². The molecule has 9 heteroatoms. The van der Waals surface area contributed by atoms with Crippen LogP contribution in [0.3, 0.4) is 0 Å². The fourth-order valence-corrected chi connectivity index (χ4v) is 4.37. The van der Waals surface area contributed by atoms with Gasteiger partial charge in [0.15, 0.2) is 0 Å². The minimum Gasteiger partial charge on any atom is -0.508 e. The number of carbonyl (C=O) groups is 4. The van der Waals surface area contributed by atoms with Crippen LogP contribution in [0.15, 0.2) is 24.3 Å². The van der Waals surface area contributed by atoms with E-state index >= 15 is 0 Å². The number of primary amides is 1. The number of nitrogens with two attached hydrogens (primary N) is 1. The van der Waals surface area contributed by atoms with Crippen LogP contribution in [0.1, 0.15) is 64.9 Å². The zero-order chi connectivity index (χ0) is 25.3. The summed E-state index contributed by atoms with van der Waals surface area (Å²) in [5, 5.41) is 17.6. The van der Waals surface area contributed by atoms with Gasteiger partial charge in [0.1, 0.15) is 23.9 Å². The zero-order valence-corrected chi connectivity index (χ0v) is 20.3. The van der Waals surface area contributed by atoms with Crippen molar-refractivity contribution in [1.29, 1.82) is 0 Å². The van der Waals surface area contributed by atoms with Gasteiger partial charge in [-0.2, -0.15) is 0 Å². The van der Waals surface area contributed by atoms with Crippen LogP contribution in [0.2, 0.25) is 0 Å². The van der Waals surface area contributed by atoms with Gasteiger partial charge < -0.3 is 26.8 Å². The van der Waals surface area contributed by atoms with Crippen LogP contribution in [0, 0.1) is 11.8 Å². The number of carbonyl (C=O) groups excluding carboxylic acids is 4. The van der Waals surface area contributed by atoms with Crippen molar-refractivity contribution >= 4 is 23.6 Å². The Bertz CT molecular complexity index is 849. The summed E-state index contributed by atoms with van der Waals surface area (Å²) in [7, 11) is 0. The van der Waals surface area contributed by atoms with Crippen LogP contribution in [-0.2, 0) is 25.6 Å². The van der Waals surface area contributed by atoms with E-state index in [1.54, 1.807) is 26.0 Å². The fraction of sp³-hybridized carbons (Fsp3) is 0.600. The second-order valence-electron chi connectivity index (χ2n) is 9.56. The summed E-state index contributed by atoms with van der Waals surface area (Å²) in [5.74, 6) is -1.76. The Morgan fingerprint density at radius 2 is 1.56 bits per heavy atom. The largest absolute Gasteiger partial charge is 0.508 e. The second-order valence-corrected chi connectivity index (χ2v) is 9.56. The molecule has 188 valence electrons. The van der Waals surface area contributed by atoms with Gasteiger partial charge in [-0.05, 0) is 36.0 Å². The molecule has 0 radical (unpaired) electrons. The van der Waals surface area contributed by atoms with Gasteiger partial charge in [0.25, 0.3) is 0 Å². The van der Waals surface area contributed by atoms with E-state index in [0.29, 0.717) is 17.9 Å². The smallest absolute Gasteiger partial charge is 0.243 e. The predicted octanol–water partition coefficient (Wildman–Crippen LogP) is 1.52. The van der Waals surface area contributed by atoms with E-state index in [1.807, 2.05) is 0 Å². The number of hydrogen-bond acceptors (Lipinski definition) is 5. The van der Waals surface area contributed by atoms with Crippen LogP contribution in [0.4, 0.5) is 0 Å². The monoisotopic (exact) mass is 474 g/mol. The highest BCUT2D eigenvalue weighted by molar-refractivity contribution is 5.94. The van der Waals surface area contributed by atoms with Gasteiger partial charge >= 0.3 is 0 Å². The highest BCUT2D eigenvalue weighted by Crippen LogP contribution is 2.27. The van der Waals surface area contributed by atoms with Crippen molar-refractivity contribution in [3.8, 4) is 5.75 Å². The van der Waals surface area contributed by atoms with Crippen LogP contribution in [0.5, 0.6) is 5.75 Å². The van der Waals surface area contributed by atoms with Crippen molar-refractivity contribution < 1.29 is 24.3 Å². The molecule has 0 bridgehead atoms. The van der Waals surface area contributed by atoms with E-state index in [1.165, 1.54) is 25.5 Å². The molecule has 0 spiro atoms. The van der Waals surface area contributed by atoms with Gasteiger partial charge in [0, 0.05) is 13.3 Å². The molecule has 0 unspecified atom stereocenters. The molecule has 1 aliphatic rings. The maximum absolute atomic E-state index is 13.1.